The van der Waals surface area contributed by atoms with Gasteiger partial charge in [-0.15, -0.1) is 0 Å². The lowest BCUT2D eigenvalue weighted by Gasteiger charge is -2.13. The number of nitrogens with zero attached hydrogens (tertiary/aromatic N) is 2. The molecule has 1 atom stereocenters. The SMILES string of the molecule is CCCC(C)c1nc(C2CCCC2)n(C2CC2)c1N. The van der Waals surface area contributed by atoms with E-state index in [4.69, 9.17) is 10.7 Å². The monoisotopic (exact) mass is 261 g/mol. The van der Waals surface area contributed by atoms with Gasteiger partial charge in [0.1, 0.15) is 11.6 Å². The summed E-state index contributed by atoms with van der Waals surface area (Å²) >= 11 is 0. The number of hydrogen-bond acceptors (Lipinski definition) is 2. The first kappa shape index (κ1) is 13.0. The molecule has 0 saturated heterocycles. The first-order valence-corrected chi connectivity index (χ1v) is 8.09. The second-order valence-electron chi connectivity index (χ2n) is 6.51. The fraction of sp³-hybridized carbons (Fsp3) is 0.812. The van der Waals surface area contributed by atoms with Crippen molar-refractivity contribution in [3.63, 3.8) is 0 Å². The molecule has 2 saturated carbocycles. The van der Waals surface area contributed by atoms with Crippen LogP contribution in [0.2, 0.25) is 0 Å². The molecule has 106 valence electrons. The van der Waals surface area contributed by atoms with Crippen LogP contribution in [0.5, 0.6) is 0 Å². The van der Waals surface area contributed by atoms with Crippen LogP contribution in [0.15, 0.2) is 0 Å². The molecule has 2 fully saturated rings. The number of anilines is 1. The Morgan fingerprint density at radius 2 is 1.95 bits per heavy atom. The molecule has 3 heteroatoms. The van der Waals surface area contributed by atoms with E-state index in [9.17, 15) is 0 Å². The fourth-order valence-corrected chi connectivity index (χ4v) is 3.60. The molecule has 1 unspecified atom stereocenters. The third-order valence-electron chi connectivity index (χ3n) is 4.82. The van der Waals surface area contributed by atoms with Gasteiger partial charge in [-0.2, -0.15) is 0 Å². The predicted molar refractivity (Wildman–Crippen MR) is 79.4 cm³/mol. The van der Waals surface area contributed by atoms with Crippen molar-refractivity contribution in [1.29, 1.82) is 0 Å². The van der Waals surface area contributed by atoms with Crippen LogP contribution in [-0.4, -0.2) is 9.55 Å². The van der Waals surface area contributed by atoms with E-state index in [0.29, 0.717) is 17.9 Å². The Labute approximate surface area is 116 Å². The van der Waals surface area contributed by atoms with Gasteiger partial charge in [-0.05, 0) is 32.1 Å². The van der Waals surface area contributed by atoms with Crippen molar-refractivity contribution >= 4 is 5.82 Å². The molecule has 2 N–H and O–H groups in total. The summed E-state index contributed by atoms with van der Waals surface area (Å²) in [5.74, 6) is 3.47. The molecule has 1 aromatic rings. The molecule has 0 radical (unpaired) electrons. The van der Waals surface area contributed by atoms with Crippen molar-refractivity contribution in [2.45, 2.75) is 83.1 Å². The zero-order valence-corrected chi connectivity index (χ0v) is 12.4. The Hall–Kier alpha value is -0.990. The Kier molecular flexibility index (Phi) is 3.55. The van der Waals surface area contributed by atoms with E-state index in [2.05, 4.69) is 18.4 Å². The quantitative estimate of drug-likeness (QED) is 0.855. The molecule has 0 bridgehead atoms. The summed E-state index contributed by atoms with van der Waals surface area (Å²) < 4.78 is 2.40. The molecule has 1 aromatic heterocycles. The summed E-state index contributed by atoms with van der Waals surface area (Å²) in [6, 6.07) is 0.658. The first-order valence-electron chi connectivity index (χ1n) is 8.09. The molecule has 0 aliphatic heterocycles. The van der Waals surface area contributed by atoms with Gasteiger partial charge < -0.3 is 10.3 Å². The molecule has 2 aliphatic rings. The van der Waals surface area contributed by atoms with Gasteiger partial charge in [0.2, 0.25) is 0 Å². The highest BCUT2D eigenvalue weighted by Gasteiger charge is 2.34. The van der Waals surface area contributed by atoms with Crippen LogP contribution >= 0.6 is 0 Å². The van der Waals surface area contributed by atoms with E-state index in [1.54, 1.807) is 0 Å². The van der Waals surface area contributed by atoms with E-state index >= 15 is 0 Å². The number of nitrogen functional groups attached to an aromatic ring is 1. The third-order valence-corrected chi connectivity index (χ3v) is 4.82. The van der Waals surface area contributed by atoms with Crippen LogP contribution in [0, 0.1) is 0 Å². The van der Waals surface area contributed by atoms with Gasteiger partial charge in [0, 0.05) is 17.9 Å². The second-order valence-corrected chi connectivity index (χ2v) is 6.51. The average Bonchev–Trinajstić information content (AvgIpc) is 2.96. The standard InChI is InChI=1S/C16H27N3/c1-3-6-11(2)14-15(17)19(13-9-10-13)16(18-14)12-7-4-5-8-12/h11-13H,3-10,17H2,1-2H3. The summed E-state index contributed by atoms with van der Waals surface area (Å²) in [5, 5.41) is 0. The molecule has 3 nitrogen and oxygen atoms in total. The minimum absolute atomic E-state index is 0.505. The lowest BCUT2D eigenvalue weighted by molar-refractivity contribution is 0.594. The van der Waals surface area contributed by atoms with E-state index in [1.165, 1.54) is 62.9 Å². The molecule has 19 heavy (non-hydrogen) atoms. The second kappa shape index (κ2) is 5.18. The molecule has 0 aromatic carbocycles. The Balaban J connectivity index is 1.95. The van der Waals surface area contributed by atoms with Crippen LogP contribution in [-0.2, 0) is 0 Å². The molecule has 3 rings (SSSR count). The van der Waals surface area contributed by atoms with E-state index in [1.807, 2.05) is 0 Å². The molecule has 2 aliphatic carbocycles. The molecule has 1 heterocycles. The predicted octanol–water partition coefficient (Wildman–Crippen LogP) is 4.36. The van der Waals surface area contributed by atoms with Crippen LogP contribution in [0.3, 0.4) is 0 Å². The number of imidazole rings is 1. The van der Waals surface area contributed by atoms with E-state index in [-0.39, 0.29) is 0 Å². The van der Waals surface area contributed by atoms with E-state index in [0.717, 1.165) is 5.82 Å². The van der Waals surface area contributed by atoms with Gasteiger partial charge >= 0.3 is 0 Å². The molecular formula is C16H27N3. The van der Waals surface area contributed by atoms with Gasteiger partial charge in [-0.1, -0.05) is 33.1 Å². The van der Waals surface area contributed by atoms with Crippen molar-refractivity contribution in [2.75, 3.05) is 5.73 Å². The number of aromatic nitrogens is 2. The lowest BCUT2D eigenvalue weighted by atomic mass is 10.0. The summed E-state index contributed by atoms with van der Waals surface area (Å²) in [6.07, 6.45) is 10.3. The van der Waals surface area contributed by atoms with Crippen molar-refractivity contribution in [1.82, 2.24) is 9.55 Å². The highest BCUT2D eigenvalue weighted by molar-refractivity contribution is 5.42. The van der Waals surface area contributed by atoms with Crippen molar-refractivity contribution in [2.24, 2.45) is 0 Å². The number of hydrogen-bond donors (Lipinski definition) is 1. The van der Waals surface area contributed by atoms with Crippen LogP contribution < -0.4 is 5.73 Å². The fourth-order valence-electron chi connectivity index (χ4n) is 3.60. The Morgan fingerprint density at radius 1 is 1.26 bits per heavy atom. The van der Waals surface area contributed by atoms with Crippen molar-refractivity contribution in [3.8, 4) is 0 Å². The van der Waals surface area contributed by atoms with Crippen LogP contribution in [0.25, 0.3) is 0 Å². The summed E-state index contributed by atoms with van der Waals surface area (Å²) in [6.45, 7) is 4.51. The largest absolute Gasteiger partial charge is 0.384 e. The highest BCUT2D eigenvalue weighted by atomic mass is 15.2. The van der Waals surface area contributed by atoms with Crippen molar-refractivity contribution in [3.05, 3.63) is 11.5 Å². The molecule has 0 spiro atoms. The topological polar surface area (TPSA) is 43.8 Å². The summed E-state index contributed by atoms with van der Waals surface area (Å²) in [7, 11) is 0. The smallest absolute Gasteiger partial charge is 0.127 e. The van der Waals surface area contributed by atoms with Crippen LogP contribution in [0.4, 0.5) is 5.82 Å². The maximum Gasteiger partial charge on any atom is 0.127 e. The van der Waals surface area contributed by atoms with E-state index < -0.39 is 0 Å². The lowest BCUT2D eigenvalue weighted by Crippen LogP contribution is -2.08. The zero-order valence-electron chi connectivity index (χ0n) is 12.4. The summed E-state index contributed by atoms with van der Waals surface area (Å²) in [4.78, 5) is 5.01. The van der Waals surface area contributed by atoms with Gasteiger partial charge in [-0.25, -0.2) is 4.98 Å². The Bertz CT molecular complexity index is 439. The third kappa shape index (κ3) is 2.39. The average molecular weight is 261 g/mol. The molecular weight excluding hydrogens is 234 g/mol. The van der Waals surface area contributed by atoms with Gasteiger partial charge in [0.05, 0.1) is 5.69 Å². The minimum atomic E-state index is 0.505. The maximum atomic E-state index is 6.44. The van der Waals surface area contributed by atoms with Gasteiger partial charge in [-0.3, -0.25) is 0 Å². The van der Waals surface area contributed by atoms with Gasteiger partial charge in [0.15, 0.2) is 0 Å². The Morgan fingerprint density at radius 3 is 2.53 bits per heavy atom. The number of nitrogens with two attached hydrogens (primary N) is 1. The minimum Gasteiger partial charge on any atom is -0.384 e. The van der Waals surface area contributed by atoms with Gasteiger partial charge in [0.25, 0.3) is 0 Å². The van der Waals surface area contributed by atoms with Crippen LogP contribution in [0.1, 0.15) is 94.6 Å². The highest BCUT2D eigenvalue weighted by Crippen LogP contribution is 2.44. The molecule has 0 amide bonds. The summed E-state index contributed by atoms with van der Waals surface area (Å²) in [5.41, 5.74) is 7.62. The number of rotatable bonds is 5. The maximum absolute atomic E-state index is 6.44. The van der Waals surface area contributed by atoms with Crippen molar-refractivity contribution < 1.29 is 0 Å². The normalized spacial score (nSPS) is 22.0. The zero-order chi connectivity index (χ0) is 13.4. The first-order chi connectivity index (χ1) is 9.22.